The molecule has 38 heavy (non-hydrogen) atoms. The number of nitrogens with one attached hydrogen (secondary N) is 1. The van der Waals surface area contributed by atoms with E-state index >= 15 is 0 Å². The average molecular weight is 617 g/mol. The fourth-order valence-electron chi connectivity index (χ4n) is 3.68. The number of nitrogens with zero attached hydrogens (tertiary/aromatic N) is 2. The Labute approximate surface area is 242 Å². The van der Waals surface area contributed by atoms with Crippen molar-refractivity contribution in [2.45, 2.75) is 31.3 Å². The van der Waals surface area contributed by atoms with Crippen LogP contribution in [0.15, 0.2) is 65.6 Å². The van der Waals surface area contributed by atoms with Crippen LogP contribution in [0.25, 0.3) is 0 Å². The van der Waals surface area contributed by atoms with E-state index in [1.54, 1.807) is 37.3 Å². The van der Waals surface area contributed by atoms with Crippen molar-refractivity contribution < 1.29 is 18.0 Å². The molecule has 1 atom stereocenters. The highest BCUT2D eigenvalue weighted by Gasteiger charge is 2.32. The minimum absolute atomic E-state index is 0.0256. The van der Waals surface area contributed by atoms with Crippen molar-refractivity contribution in [3.05, 3.63) is 91.9 Å². The molecule has 0 aliphatic rings. The molecule has 0 fully saturated rings. The number of sulfonamides is 1. The summed E-state index contributed by atoms with van der Waals surface area (Å²) in [6.07, 6.45) is 0. The molecule has 0 aliphatic carbocycles. The number of halogens is 4. The Kier molecular flexibility index (Phi) is 9.95. The quantitative estimate of drug-likeness (QED) is 0.321. The van der Waals surface area contributed by atoms with E-state index in [2.05, 4.69) is 5.32 Å². The molecule has 2 amide bonds. The van der Waals surface area contributed by atoms with Gasteiger partial charge in [0.1, 0.15) is 12.6 Å². The Morgan fingerprint density at radius 2 is 1.50 bits per heavy atom. The van der Waals surface area contributed by atoms with Crippen molar-refractivity contribution in [3.63, 3.8) is 0 Å². The molecule has 3 rings (SSSR count). The zero-order chi connectivity index (χ0) is 28.2. The van der Waals surface area contributed by atoms with Gasteiger partial charge in [-0.15, -0.1) is 0 Å². The van der Waals surface area contributed by atoms with Gasteiger partial charge in [0, 0.05) is 23.6 Å². The van der Waals surface area contributed by atoms with Crippen LogP contribution in [0.2, 0.25) is 20.1 Å². The molecule has 1 unspecified atom stereocenters. The largest absolute Gasteiger partial charge is 0.357 e. The molecule has 0 saturated carbocycles. The van der Waals surface area contributed by atoms with Gasteiger partial charge >= 0.3 is 0 Å². The van der Waals surface area contributed by atoms with Crippen molar-refractivity contribution in [1.82, 2.24) is 10.2 Å². The van der Waals surface area contributed by atoms with Crippen molar-refractivity contribution in [3.8, 4) is 0 Å². The monoisotopic (exact) mass is 615 g/mol. The number of carbonyl (C=O) groups is 2. The predicted octanol–water partition coefficient (Wildman–Crippen LogP) is 5.97. The van der Waals surface area contributed by atoms with Crippen LogP contribution in [-0.2, 0) is 26.2 Å². The van der Waals surface area contributed by atoms with Gasteiger partial charge in [-0.1, -0.05) is 70.2 Å². The summed E-state index contributed by atoms with van der Waals surface area (Å²) < 4.78 is 28.5. The van der Waals surface area contributed by atoms with Gasteiger partial charge in [-0.25, -0.2) is 8.42 Å². The third-order valence-corrected chi connectivity index (χ3v) is 8.74. The average Bonchev–Trinajstić information content (AvgIpc) is 2.86. The van der Waals surface area contributed by atoms with Gasteiger partial charge in [-0.3, -0.25) is 13.9 Å². The number of amides is 2. The van der Waals surface area contributed by atoms with Crippen molar-refractivity contribution >= 4 is 73.9 Å². The van der Waals surface area contributed by atoms with E-state index in [9.17, 15) is 18.0 Å². The van der Waals surface area contributed by atoms with E-state index in [1.807, 2.05) is 6.92 Å². The number of anilines is 1. The highest BCUT2D eigenvalue weighted by molar-refractivity contribution is 7.92. The van der Waals surface area contributed by atoms with Gasteiger partial charge in [0.05, 0.1) is 20.6 Å². The van der Waals surface area contributed by atoms with E-state index in [4.69, 9.17) is 46.4 Å². The van der Waals surface area contributed by atoms with Crippen LogP contribution in [0.1, 0.15) is 18.1 Å². The number of benzene rings is 3. The standard InChI is InChI=1S/C26H25Cl4N3O4S/c1-16-4-7-22(8-5-16)38(36,37)33(21-12-19(27)11-20(28)13-21)15-25(34)32(17(2)26(35)31-3)14-18-6-9-23(29)24(30)10-18/h4-13,17H,14-15H2,1-3H3,(H,31,35). The van der Waals surface area contributed by atoms with Gasteiger partial charge in [0.2, 0.25) is 11.8 Å². The lowest BCUT2D eigenvalue weighted by molar-refractivity contribution is -0.139. The molecule has 0 radical (unpaired) electrons. The molecule has 12 heteroatoms. The van der Waals surface area contributed by atoms with Crippen LogP contribution in [0, 0.1) is 6.92 Å². The zero-order valence-corrected chi connectivity index (χ0v) is 24.6. The highest BCUT2D eigenvalue weighted by atomic mass is 35.5. The van der Waals surface area contributed by atoms with Crippen LogP contribution in [-0.4, -0.2) is 44.8 Å². The van der Waals surface area contributed by atoms with Gasteiger partial charge < -0.3 is 10.2 Å². The lowest BCUT2D eigenvalue weighted by Crippen LogP contribution is -2.50. The van der Waals surface area contributed by atoms with Crippen molar-refractivity contribution in [1.29, 1.82) is 0 Å². The number of hydrogen-bond donors (Lipinski definition) is 1. The summed E-state index contributed by atoms with van der Waals surface area (Å²) in [5.41, 5.74) is 1.56. The van der Waals surface area contributed by atoms with Gasteiger partial charge in [0.25, 0.3) is 10.0 Å². The van der Waals surface area contributed by atoms with E-state index in [1.165, 1.54) is 42.3 Å². The Balaban J connectivity index is 2.07. The summed E-state index contributed by atoms with van der Waals surface area (Å²) in [6.45, 7) is 2.72. The molecular weight excluding hydrogens is 592 g/mol. The first-order valence-corrected chi connectivity index (χ1v) is 14.3. The predicted molar refractivity (Wildman–Crippen MR) is 153 cm³/mol. The fourth-order valence-corrected chi connectivity index (χ4v) is 5.91. The van der Waals surface area contributed by atoms with Crippen LogP contribution >= 0.6 is 46.4 Å². The first-order chi connectivity index (χ1) is 17.8. The topological polar surface area (TPSA) is 86.8 Å². The Morgan fingerprint density at radius 3 is 2.05 bits per heavy atom. The van der Waals surface area contributed by atoms with E-state index in [0.717, 1.165) is 9.87 Å². The maximum absolute atomic E-state index is 13.8. The SMILES string of the molecule is CNC(=O)C(C)N(Cc1ccc(Cl)c(Cl)c1)C(=O)CN(c1cc(Cl)cc(Cl)c1)S(=O)(=O)c1ccc(C)cc1. The molecule has 3 aromatic rings. The zero-order valence-electron chi connectivity index (χ0n) is 20.7. The number of carbonyl (C=O) groups excluding carboxylic acids is 2. The fraction of sp³-hybridized carbons (Fsp3) is 0.231. The number of aryl methyl sites for hydroxylation is 1. The lowest BCUT2D eigenvalue weighted by atomic mass is 10.1. The van der Waals surface area contributed by atoms with E-state index in [-0.39, 0.29) is 32.2 Å². The third kappa shape index (κ3) is 7.12. The second kappa shape index (κ2) is 12.6. The summed E-state index contributed by atoms with van der Waals surface area (Å²) in [5.74, 6) is -1.07. The Morgan fingerprint density at radius 1 is 0.895 bits per heavy atom. The molecule has 0 bridgehead atoms. The van der Waals surface area contributed by atoms with Gasteiger partial charge in [0.15, 0.2) is 0 Å². The van der Waals surface area contributed by atoms with Crippen LogP contribution < -0.4 is 9.62 Å². The first kappa shape index (κ1) is 30.1. The molecule has 202 valence electrons. The van der Waals surface area contributed by atoms with Crippen molar-refractivity contribution in [2.24, 2.45) is 0 Å². The lowest BCUT2D eigenvalue weighted by Gasteiger charge is -2.32. The minimum Gasteiger partial charge on any atom is -0.357 e. The number of likely N-dealkylation sites (N-methyl/N-ethyl adjacent to an activating group) is 1. The third-order valence-electron chi connectivity index (χ3n) is 5.77. The Hall–Kier alpha value is -2.49. The second-order valence-electron chi connectivity index (χ2n) is 8.51. The number of hydrogen-bond acceptors (Lipinski definition) is 4. The molecule has 0 spiro atoms. The molecule has 7 nitrogen and oxygen atoms in total. The van der Waals surface area contributed by atoms with Crippen LogP contribution in [0.5, 0.6) is 0 Å². The normalized spacial score (nSPS) is 12.1. The molecular formula is C26H25Cl4N3O4S. The molecule has 3 aromatic carbocycles. The smallest absolute Gasteiger partial charge is 0.264 e. The molecule has 0 heterocycles. The summed E-state index contributed by atoms with van der Waals surface area (Å²) >= 11 is 24.5. The Bertz CT molecular complexity index is 1430. The van der Waals surface area contributed by atoms with E-state index < -0.39 is 34.4 Å². The van der Waals surface area contributed by atoms with E-state index in [0.29, 0.717) is 10.6 Å². The summed E-state index contributed by atoms with van der Waals surface area (Å²) in [4.78, 5) is 27.5. The maximum atomic E-state index is 13.8. The summed E-state index contributed by atoms with van der Waals surface area (Å²) in [7, 11) is -2.79. The molecule has 0 saturated heterocycles. The summed E-state index contributed by atoms with van der Waals surface area (Å²) in [6, 6.07) is 14.4. The van der Waals surface area contributed by atoms with Crippen LogP contribution in [0.4, 0.5) is 5.69 Å². The molecule has 1 N–H and O–H groups in total. The highest BCUT2D eigenvalue weighted by Crippen LogP contribution is 2.30. The van der Waals surface area contributed by atoms with Gasteiger partial charge in [-0.05, 0) is 61.9 Å². The first-order valence-electron chi connectivity index (χ1n) is 11.3. The maximum Gasteiger partial charge on any atom is 0.264 e. The van der Waals surface area contributed by atoms with Crippen molar-refractivity contribution in [2.75, 3.05) is 17.9 Å². The molecule has 0 aromatic heterocycles. The minimum atomic E-state index is -4.24. The van der Waals surface area contributed by atoms with Gasteiger partial charge in [-0.2, -0.15) is 0 Å². The summed E-state index contributed by atoms with van der Waals surface area (Å²) in [5, 5.41) is 3.51. The second-order valence-corrected chi connectivity index (χ2v) is 12.1. The molecule has 0 aliphatic heterocycles. The van der Waals surface area contributed by atoms with Crippen LogP contribution in [0.3, 0.4) is 0 Å². The number of rotatable bonds is 9.